The van der Waals surface area contributed by atoms with E-state index in [4.69, 9.17) is 10.5 Å². The van der Waals surface area contributed by atoms with Crippen LogP contribution in [0.1, 0.15) is 42.5 Å². The second-order valence-electron chi connectivity index (χ2n) is 5.16. The largest absolute Gasteiger partial charge is 0.399 e. The molecule has 0 bridgehead atoms. The Morgan fingerprint density at radius 3 is 2.75 bits per heavy atom. The number of nitrogens with two attached hydrogens (primary N) is 1. The molecule has 0 heterocycles. The van der Waals surface area contributed by atoms with Gasteiger partial charge in [0.2, 0.25) is 0 Å². The van der Waals surface area contributed by atoms with Gasteiger partial charge in [-0.1, -0.05) is 19.3 Å². The van der Waals surface area contributed by atoms with E-state index in [2.05, 4.69) is 5.32 Å². The van der Waals surface area contributed by atoms with Crippen molar-refractivity contribution in [2.45, 2.75) is 38.2 Å². The molecule has 1 amide bonds. The molecule has 0 saturated heterocycles. The molecular weight excluding hydrogens is 259 g/mol. The molecule has 0 aromatic heterocycles. The van der Waals surface area contributed by atoms with Crippen molar-refractivity contribution in [3.05, 3.63) is 29.6 Å². The highest BCUT2D eigenvalue weighted by atomic mass is 19.1. The van der Waals surface area contributed by atoms with Crippen molar-refractivity contribution in [3.8, 4) is 0 Å². The topological polar surface area (TPSA) is 64.4 Å². The van der Waals surface area contributed by atoms with E-state index in [-0.39, 0.29) is 17.2 Å². The fraction of sp³-hybridized carbons (Fsp3) is 0.533. The summed E-state index contributed by atoms with van der Waals surface area (Å²) in [5.41, 5.74) is 5.99. The zero-order chi connectivity index (χ0) is 14.4. The lowest BCUT2D eigenvalue weighted by Crippen LogP contribution is -2.29. The number of anilines is 1. The third-order valence-corrected chi connectivity index (χ3v) is 3.48. The Kier molecular flexibility index (Phi) is 5.35. The zero-order valence-corrected chi connectivity index (χ0v) is 11.5. The molecule has 0 atom stereocenters. The molecule has 1 aliphatic rings. The number of hydrogen-bond acceptors (Lipinski definition) is 3. The average molecular weight is 280 g/mol. The number of nitrogens with one attached hydrogen (secondary N) is 1. The Morgan fingerprint density at radius 1 is 1.30 bits per heavy atom. The molecule has 1 aromatic rings. The molecule has 0 spiro atoms. The Bertz CT molecular complexity index is 439. The first-order chi connectivity index (χ1) is 9.65. The highest BCUT2D eigenvalue weighted by molar-refractivity contribution is 5.95. The first-order valence-electron chi connectivity index (χ1n) is 7.11. The van der Waals surface area contributed by atoms with E-state index in [1.165, 1.54) is 37.5 Å². The lowest BCUT2D eigenvalue weighted by Gasteiger charge is -2.22. The van der Waals surface area contributed by atoms with Crippen molar-refractivity contribution >= 4 is 11.6 Å². The second kappa shape index (κ2) is 7.24. The van der Waals surface area contributed by atoms with Crippen LogP contribution in [0.25, 0.3) is 0 Å². The molecular formula is C15H21FN2O2. The lowest BCUT2D eigenvalue weighted by molar-refractivity contribution is 0.0299. The molecule has 20 heavy (non-hydrogen) atoms. The SMILES string of the molecule is Nc1cc(F)cc(C(=O)NCCOC2CCCCC2)c1. The normalized spacial score (nSPS) is 16.1. The molecule has 3 N–H and O–H groups in total. The zero-order valence-electron chi connectivity index (χ0n) is 11.5. The highest BCUT2D eigenvalue weighted by Crippen LogP contribution is 2.19. The second-order valence-corrected chi connectivity index (χ2v) is 5.16. The van der Waals surface area contributed by atoms with Crippen LogP contribution in [0.2, 0.25) is 0 Å². The molecule has 4 nitrogen and oxygen atoms in total. The van der Waals surface area contributed by atoms with Gasteiger partial charge in [-0.05, 0) is 31.0 Å². The molecule has 1 saturated carbocycles. The molecule has 0 radical (unpaired) electrons. The average Bonchev–Trinajstić information content (AvgIpc) is 2.43. The monoisotopic (exact) mass is 280 g/mol. The van der Waals surface area contributed by atoms with Gasteiger partial charge in [0, 0.05) is 17.8 Å². The summed E-state index contributed by atoms with van der Waals surface area (Å²) >= 11 is 0. The fourth-order valence-electron chi connectivity index (χ4n) is 2.47. The van der Waals surface area contributed by atoms with Gasteiger partial charge < -0.3 is 15.8 Å². The van der Waals surface area contributed by atoms with Crippen molar-refractivity contribution in [3.63, 3.8) is 0 Å². The first-order valence-corrected chi connectivity index (χ1v) is 7.11. The lowest BCUT2D eigenvalue weighted by atomic mass is 9.98. The summed E-state index contributed by atoms with van der Waals surface area (Å²) in [6, 6.07) is 3.82. The van der Waals surface area contributed by atoms with Crippen LogP contribution in [0, 0.1) is 5.82 Å². The number of carbonyl (C=O) groups excluding carboxylic acids is 1. The van der Waals surface area contributed by atoms with E-state index < -0.39 is 5.82 Å². The summed E-state index contributed by atoms with van der Waals surface area (Å²) in [6.45, 7) is 0.910. The van der Waals surface area contributed by atoms with Gasteiger partial charge in [-0.15, -0.1) is 0 Å². The van der Waals surface area contributed by atoms with Crippen LogP contribution in [0.3, 0.4) is 0 Å². The van der Waals surface area contributed by atoms with Crippen LogP contribution >= 0.6 is 0 Å². The van der Waals surface area contributed by atoms with Crippen molar-refractivity contribution in [1.29, 1.82) is 0 Å². The number of amides is 1. The Hall–Kier alpha value is -1.62. The third-order valence-electron chi connectivity index (χ3n) is 3.48. The van der Waals surface area contributed by atoms with Gasteiger partial charge in [0.1, 0.15) is 5.82 Å². The minimum atomic E-state index is -0.506. The van der Waals surface area contributed by atoms with E-state index in [0.717, 1.165) is 12.8 Å². The molecule has 0 aliphatic heterocycles. The number of halogens is 1. The molecule has 0 unspecified atom stereocenters. The Labute approximate surface area is 118 Å². The van der Waals surface area contributed by atoms with Crippen molar-refractivity contribution in [2.75, 3.05) is 18.9 Å². The minimum Gasteiger partial charge on any atom is -0.399 e. The first kappa shape index (κ1) is 14.8. The Balaban J connectivity index is 1.71. The van der Waals surface area contributed by atoms with Gasteiger partial charge in [-0.2, -0.15) is 0 Å². The number of hydrogen-bond donors (Lipinski definition) is 2. The van der Waals surface area contributed by atoms with Gasteiger partial charge >= 0.3 is 0 Å². The molecule has 1 aromatic carbocycles. The molecule has 2 rings (SSSR count). The van der Waals surface area contributed by atoms with E-state index in [9.17, 15) is 9.18 Å². The van der Waals surface area contributed by atoms with Gasteiger partial charge in [0.25, 0.3) is 5.91 Å². The maximum absolute atomic E-state index is 13.1. The molecule has 110 valence electrons. The van der Waals surface area contributed by atoms with Crippen molar-refractivity contribution < 1.29 is 13.9 Å². The van der Waals surface area contributed by atoms with E-state index >= 15 is 0 Å². The van der Waals surface area contributed by atoms with Gasteiger partial charge in [0.15, 0.2) is 0 Å². The van der Waals surface area contributed by atoms with Gasteiger partial charge in [0.05, 0.1) is 12.7 Å². The number of ether oxygens (including phenoxy) is 1. The highest BCUT2D eigenvalue weighted by Gasteiger charge is 2.13. The standard InChI is InChI=1S/C15H21FN2O2/c16-12-8-11(9-13(17)10-12)15(19)18-6-7-20-14-4-2-1-3-5-14/h8-10,14H,1-7,17H2,(H,18,19). The number of benzene rings is 1. The van der Waals surface area contributed by atoms with Crippen LogP contribution in [0.5, 0.6) is 0 Å². The summed E-state index contributed by atoms with van der Waals surface area (Å²) in [7, 11) is 0. The van der Waals surface area contributed by atoms with Gasteiger partial charge in [-0.3, -0.25) is 4.79 Å². The Morgan fingerprint density at radius 2 is 2.05 bits per heavy atom. The summed E-state index contributed by atoms with van der Waals surface area (Å²) in [5.74, 6) is -0.836. The quantitative estimate of drug-likeness (QED) is 0.643. The van der Waals surface area contributed by atoms with Crippen LogP contribution in [-0.2, 0) is 4.74 Å². The smallest absolute Gasteiger partial charge is 0.251 e. The maximum atomic E-state index is 13.1. The van der Waals surface area contributed by atoms with E-state index in [1.807, 2.05) is 0 Å². The van der Waals surface area contributed by atoms with E-state index in [1.54, 1.807) is 0 Å². The van der Waals surface area contributed by atoms with Crippen molar-refractivity contribution in [2.24, 2.45) is 0 Å². The summed E-state index contributed by atoms with van der Waals surface area (Å²) in [6.07, 6.45) is 6.27. The van der Waals surface area contributed by atoms with Crippen molar-refractivity contribution in [1.82, 2.24) is 5.32 Å². The molecule has 1 aliphatic carbocycles. The van der Waals surface area contributed by atoms with E-state index in [0.29, 0.717) is 19.3 Å². The predicted octanol–water partition coefficient (Wildman–Crippen LogP) is 2.49. The third kappa shape index (κ3) is 4.49. The maximum Gasteiger partial charge on any atom is 0.251 e. The number of nitrogen functional groups attached to an aromatic ring is 1. The summed E-state index contributed by atoms with van der Waals surface area (Å²) < 4.78 is 18.8. The van der Waals surface area contributed by atoms with Crippen LogP contribution in [0.4, 0.5) is 10.1 Å². The van der Waals surface area contributed by atoms with Crippen LogP contribution in [0.15, 0.2) is 18.2 Å². The summed E-state index contributed by atoms with van der Waals surface area (Å²) in [4.78, 5) is 11.8. The summed E-state index contributed by atoms with van der Waals surface area (Å²) in [5, 5.41) is 2.71. The van der Waals surface area contributed by atoms with Gasteiger partial charge in [-0.25, -0.2) is 4.39 Å². The van der Waals surface area contributed by atoms with Crippen LogP contribution < -0.4 is 11.1 Å². The van der Waals surface area contributed by atoms with Crippen LogP contribution in [-0.4, -0.2) is 25.2 Å². The predicted molar refractivity (Wildman–Crippen MR) is 76.0 cm³/mol. The minimum absolute atomic E-state index is 0.236. The fourth-order valence-corrected chi connectivity index (χ4v) is 2.47. The number of carbonyl (C=O) groups is 1. The molecule has 1 fully saturated rings. The number of rotatable bonds is 5. The molecule has 5 heteroatoms.